The molecule has 2 amide bonds. The minimum absolute atomic E-state index is 0.0786. The fraction of sp³-hybridized carbons (Fsp3) is 0.581. The van der Waals surface area contributed by atoms with Crippen LogP contribution < -0.4 is 4.90 Å². The Kier molecular flexibility index (Phi) is 10.4. The van der Waals surface area contributed by atoms with E-state index in [4.69, 9.17) is 16.3 Å². The molecule has 7 atom stereocenters. The largest absolute Gasteiger partial charge is 0.465 e. The van der Waals surface area contributed by atoms with Crippen molar-refractivity contribution in [3.63, 3.8) is 0 Å². The van der Waals surface area contributed by atoms with Crippen molar-refractivity contribution in [2.45, 2.75) is 73.4 Å². The molecule has 1 aromatic carbocycles. The lowest BCUT2D eigenvalue weighted by Crippen LogP contribution is -2.58. The number of aliphatic hydroxyl groups is 1. The number of esters is 1. The third kappa shape index (κ3) is 5.76. The minimum atomic E-state index is -0.903. The van der Waals surface area contributed by atoms with Crippen LogP contribution in [0, 0.1) is 24.7 Å². The zero-order valence-electron chi connectivity index (χ0n) is 23.9. The molecular weight excluding hydrogens is 628 g/mol. The molecular formula is C31H40BrClN2O5S. The molecule has 3 saturated heterocycles. The third-order valence-corrected chi connectivity index (χ3v) is 11.9. The van der Waals surface area contributed by atoms with Crippen LogP contribution in [-0.2, 0) is 19.1 Å². The molecule has 3 aliphatic heterocycles. The minimum Gasteiger partial charge on any atom is -0.465 e. The van der Waals surface area contributed by atoms with E-state index in [0.29, 0.717) is 30.0 Å². The smallest absolute Gasteiger partial charge is 0.310 e. The number of carbonyl (C=O) groups is 3. The molecule has 0 aromatic heterocycles. The standard InChI is InChI=1S/C31H40BrClN2O5S/c1-6-8-9-14-40-30(39)23-24-28(37)35(20(17-36)15-18(3)4)27(31(24)16-21(32)26(23)41-31)29(38)34(13-7-2)25-19(5)11-10-12-22(25)33/h6-7,10-12,18,20-21,23-24,26-27,36H,1-2,8-9,13-17H2,3-5H3/t20-,21?,23+,24+,26+,27?,31?/m1/s1. The number of alkyl halides is 1. The predicted molar refractivity (Wildman–Crippen MR) is 169 cm³/mol. The summed E-state index contributed by atoms with van der Waals surface area (Å²) in [6.45, 7) is 13.7. The third-order valence-electron chi connectivity index (χ3n) is 8.41. The van der Waals surface area contributed by atoms with E-state index in [1.54, 1.807) is 39.8 Å². The number of anilines is 1. The van der Waals surface area contributed by atoms with Gasteiger partial charge in [-0.25, -0.2) is 0 Å². The number of aliphatic hydroxyl groups excluding tert-OH is 1. The maximum absolute atomic E-state index is 14.8. The predicted octanol–water partition coefficient (Wildman–Crippen LogP) is 5.55. The van der Waals surface area contributed by atoms with Crippen molar-refractivity contribution in [1.29, 1.82) is 0 Å². The van der Waals surface area contributed by atoms with Crippen LogP contribution in [0.2, 0.25) is 5.02 Å². The number of amides is 2. The molecule has 3 fully saturated rings. The van der Waals surface area contributed by atoms with Crippen LogP contribution in [0.25, 0.3) is 0 Å². The number of nitrogens with zero attached hydrogens (tertiary/aromatic N) is 2. The SMILES string of the molecule is C=CCCCOC(=O)[C@H]1[C@H]2C(=O)N([C@@H](CO)CC(C)C)C(C(=O)N(CC=C)c3c(C)cccc3Cl)C23CC(Br)[C@@H]1S3. The van der Waals surface area contributed by atoms with Crippen LogP contribution in [0.5, 0.6) is 0 Å². The summed E-state index contributed by atoms with van der Waals surface area (Å²) in [5.74, 6) is -2.21. The summed E-state index contributed by atoms with van der Waals surface area (Å²) >= 11 is 12.0. The average Bonchev–Trinajstić information content (AvgIpc) is 3.52. The molecule has 3 unspecified atom stereocenters. The van der Waals surface area contributed by atoms with Gasteiger partial charge >= 0.3 is 5.97 Å². The number of hydrogen-bond acceptors (Lipinski definition) is 6. The average molecular weight is 668 g/mol. The van der Waals surface area contributed by atoms with Gasteiger partial charge in [0, 0.05) is 16.6 Å². The summed E-state index contributed by atoms with van der Waals surface area (Å²) in [4.78, 5) is 46.0. The number of thioether (sulfide) groups is 1. The zero-order chi connectivity index (χ0) is 30.1. The molecule has 1 spiro atoms. The van der Waals surface area contributed by atoms with E-state index in [9.17, 15) is 19.5 Å². The number of carbonyl (C=O) groups excluding carboxylic acids is 3. The molecule has 3 aliphatic rings. The Hall–Kier alpha value is -1.81. The topological polar surface area (TPSA) is 87.1 Å². The Labute approximate surface area is 260 Å². The summed E-state index contributed by atoms with van der Waals surface area (Å²) < 4.78 is 4.82. The van der Waals surface area contributed by atoms with Crippen LogP contribution in [0.15, 0.2) is 43.5 Å². The molecule has 0 radical (unpaired) electrons. The highest BCUT2D eigenvalue weighted by Gasteiger charge is 2.76. The number of rotatable bonds is 13. The number of para-hydroxylation sites is 1. The molecule has 3 heterocycles. The number of halogens is 2. The first-order valence-electron chi connectivity index (χ1n) is 14.2. The second kappa shape index (κ2) is 13.2. The van der Waals surface area contributed by atoms with E-state index < -0.39 is 34.6 Å². The number of benzene rings is 1. The number of allylic oxidation sites excluding steroid dienone is 1. The van der Waals surface area contributed by atoms with Gasteiger partial charge < -0.3 is 19.6 Å². The van der Waals surface area contributed by atoms with Crippen molar-refractivity contribution in [3.8, 4) is 0 Å². The zero-order valence-corrected chi connectivity index (χ0v) is 27.1. The van der Waals surface area contributed by atoms with E-state index in [0.717, 1.165) is 12.0 Å². The molecule has 0 saturated carbocycles. The van der Waals surface area contributed by atoms with Crippen molar-refractivity contribution < 1.29 is 24.2 Å². The van der Waals surface area contributed by atoms with E-state index in [1.807, 2.05) is 32.9 Å². The van der Waals surface area contributed by atoms with Gasteiger partial charge in [-0.1, -0.05) is 65.7 Å². The summed E-state index contributed by atoms with van der Waals surface area (Å²) in [7, 11) is 0. The van der Waals surface area contributed by atoms with E-state index in [2.05, 4.69) is 29.1 Å². The first-order valence-corrected chi connectivity index (χ1v) is 16.4. The second-order valence-electron chi connectivity index (χ2n) is 11.6. The van der Waals surface area contributed by atoms with Crippen LogP contribution in [0.1, 0.15) is 45.1 Å². The molecule has 10 heteroatoms. The van der Waals surface area contributed by atoms with Crippen molar-refractivity contribution in [2.24, 2.45) is 17.8 Å². The molecule has 2 bridgehead atoms. The number of aryl methyl sites for hydroxylation is 1. The van der Waals surface area contributed by atoms with Crippen LogP contribution >= 0.6 is 39.3 Å². The summed E-state index contributed by atoms with van der Waals surface area (Å²) in [5, 5.41) is 10.8. The van der Waals surface area contributed by atoms with Gasteiger partial charge in [0.1, 0.15) is 6.04 Å². The number of likely N-dealkylation sites (tertiary alicyclic amines) is 1. The summed E-state index contributed by atoms with van der Waals surface area (Å²) in [6, 6.07) is 3.98. The maximum Gasteiger partial charge on any atom is 0.310 e. The highest BCUT2D eigenvalue weighted by atomic mass is 79.9. The van der Waals surface area contributed by atoms with Crippen molar-refractivity contribution >= 4 is 62.8 Å². The van der Waals surface area contributed by atoms with Crippen LogP contribution in [0.3, 0.4) is 0 Å². The quantitative estimate of drug-likeness (QED) is 0.129. The van der Waals surface area contributed by atoms with Crippen LogP contribution in [-0.4, -0.2) is 74.5 Å². The van der Waals surface area contributed by atoms with Crippen molar-refractivity contribution in [2.75, 3.05) is 24.7 Å². The van der Waals surface area contributed by atoms with Gasteiger partial charge in [-0.3, -0.25) is 14.4 Å². The number of unbranched alkanes of at least 4 members (excludes halogenated alkanes) is 1. The fourth-order valence-electron chi connectivity index (χ4n) is 6.86. The Bertz CT molecular complexity index is 1180. The Morgan fingerprint density at radius 2 is 2.07 bits per heavy atom. The monoisotopic (exact) mass is 666 g/mol. The lowest BCUT2D eigenvalue weighted by molar-refractivity contribution is -0.154. The van der Waals surface area contributed by atoms with Gasteiger partial charge in [0.15, 0.2) is 0 Å². The van der Waals surface area contributed by atoms with Gasteiger partial charge in [0.05, 0.1) is 46.5 Å². The van der Waals surface area contributed by atoms with E-state index >= 15 is 0 Å². The van der Waals surface area contributed by atoms with Gasteiger partial charge in [-0.05, 0) is 50.2 Å². The Morgan fingerprint density at radius 3 is 2.68 bits per heavy atom. The number of fused-ring (bicyclic) bond motifs is 1. The van der Waals surface area contributed by atoms with E-state index in [1.165, 1.54) is 0 Å². The lowest BCUT2D eigenvalue weighted by Gasteiger charge is -2.40. The Morgan fingerprint density at radius 1 is 1.34 bits per heavy atom. The molecule has 4 rings (SSSR count). The molecule has 0 aliphatic carbocycles. The highest BCUT2D eigenvalue weighted by Crippen LogP contribution is 2.68. The molecule has 7 nitrogen and oxygen atoms in total. The molecule has 224 valence electrons. The summed E-state index contributed by atoms with van der Waals surface area (Å²) in [6.07, 6.45) is 5.85. The van der Waals surface area contributed by atoms with Crippen molar-refractivity contribution in [3.05, 3.63) is 54.1 Å². The highest BCUT2D eigenvalue weighted by molar-refractivity contribution is 9.09. The molecule has 1 aromatic rings. The van der Waals surface area contributed by atoms with Gasteiger partial charge in [0.25, 0.3) is 5.91 Å². The van der Waals surface area contributed by atoms with Gasteiger partial charge in [-0.2, -0.15) is 0 Å². The molecule has 41 heavy (non-hydrogen) atoms. The normalized spacial score (nSPS) is 29.0. The van der Waals surface area contributed by atoms with Crippen molar-refractivity contribution in [1.82, 2.24) is 4.90 Å². The van der Waals surface area contributed by atoms with Gasteiger partial charge in [0.2, 0.25) is 5.91 Å². The fourth-order valence-corrected chi connectivity index (χ4v) is 10.8. The maximum atomic E-state index is 14.8. The number of ether oxygens (including phenoxy) is 1. The van der Waals surface area contributed by atoms with Crippen LogP contribution in [0.4, 0.5) is 5.69 Å². The lowest BCUT2D eigenvalue weighted by atomic mass is 9.71. The summed E-state index contributed by atoms with van der Waals surface area (Å²) in [5.41, 5.74) is 1.39. The van der Waals surface area contributed by atoms with Gasteiger partial charge in [-0.15, -0.1) is 24.9 Å². The first-order chi connectivity index (χ1) is 19.5. The second-order valence-corrected chi connectivity index (χ2v) is 14.7. The van der Waals surface area contributed by atoms with E-state index in [-0.39, 0.29) is 47.6 Å². The Balaban J connectivity index is 1.82. The first kappa shape index (κ1) is 32.1. The number of hydrogen-bond donors (Lipinski definition) is 1. The molecule has 1 N–H and O–H groups in total.